The molecule has 0 spiro atoms. The zero-order chi connectivity index (χ0) is 5.98. The lowest BCUT2D eigenvalue weighted by Crippen LogP contribution is -1.70. The van der Waals surface area contributed by atoms with Gasteiger partial charge in [0.05, 0.1) is 0 Å². The van der Waals surface area contributed by atoms with Crippen LogP contribution in [0.2, 0.25) is 0 Å². The summed E-state index contributed by atoms with van der Waals surface area (Å²) >= 11 is 3.48. The fraction of sp³-hybridized carbons (Fsp3) is 0.429. The van der Waals surface area contributed by atoms with Gasteiger partial charge in [0, 0.05) is 4.48 Å². The molecular weight excluding hydrogens is 164 g/mol. The van der Waals surface area contributed by atoms with Gasteiger partial charge >= 0.3 is 0 Å². The summed E-state index contributed by atoms with van der Waals surface area (Å²) in [4.78, 5) is 0. The average Bonchev–Trinajstić information content (AvgIpc) is 2.14. The van der Waals surface area contributed by atoms with E-state index >= 15 is 0 Å². The van der Waals surface area contributed by atoms with Crippen molar-refractivity contribution < 1.29 is 0 Å². The van der Waals surface area contributed by atoms with E-state index < -0.39 is 0 Å². The van der Waals surface area contributed by atoms with E-state index in [2.05, 4.69) is 35.0 Å². The van der Waals surface area contributed by atoms with Crippen molar-refractivity contribution in [2.75, 3.05) is 0 Å². The van der Waals surface area contributed by atoms with Gasteiger partial charge in [-0.25, -0.2) is 0 Å². The summed E-state index contributed by atoms with van der Waals surface area (Å²) in [6.45, 7) is 2.17. The molecule has 1 aliphatic carbocycles. The van der Waals surface area contributed by atoms with Crippen LogP contribution in [0.1, 0.15) is 19.8 Å². The highest BCUT2D eigenvalue weighted by Gasteiger charge is 2.01. The number of rotatable bonds is 1. The third-order valence-electron chi connectivity index (χ3n) is 1.35. The van der Waals surface area contributed by atoms with E-state index in [1.54, 1.807) is 0 Å². The molecule has 8 heavy (non-hydrogen) atoms. The van der Waals surface area contributed by atoms with E-state index in [4.69, 9.17) is 0 Å². The highest BCUT2D eigenvalue weighted by molar-refractivity contribution is 9.11. The molecule has 0 aromatic rings. The fourth-order valence-corrected chi connectivity index (χ4v) is 1.44. The zero-order valence-corrected chi connectivity index (χ0v) is 6.53. The number of hydrogen-bond acceptors (Lipinski definition) is 0. The molecule has 0 atom stereocenters. The Hall–Kier alpha value is -0.0400. The molecule has 0 bridgehead atoms. The smallest absolute Gasteiger partial charge is 0.00202 e. The van der Waals surface area contributed by atoms with Crippen LogP contribution in [0.5, 0.6) is 0 Å². The van der Waals surface area contributed by atoms with Crippen molar-refractivity contribution in [3.05, 3.63) is 22.2 Å². The minimum atomic E-state index is 1.10. The Morgan fingerprint density at radius 1 is 1.75 bits per heavy atom. The summed E-state index contributed by atoms with van der Waals surface area (Å²) in [6.07, 6.45) is 6.62. The molecule has 0 N–H and O–H groups in total. The Morgan fingerprint density at radius 3 is 2.75 bits per heavy atom. The van der Waals surface area contributed by atoms with Crippen LogP contribution < -0.4 is 0 Å². The highest BCUT2D eigenvalue weighted by atomic mass is 79.9. The van der Waals surface area contributed by atoms with Crippen molar-refractivity contribution in [2.24, 2.45) is 0 Å². The summed E-state index contributed by atoms with van der Waals surface area (Å²) in [5, 5.41) is 0. The van der Waals surface area contributed by atoms with Crippen molar-refractivity contribution in [3.63, 3.8) is 0 Å². The molecule has 0 saturated carbocycles. The molecule has 0 radical (unpaired) electrons. The third kappa shape index (κ3) is 1.03. The first-order valence-electron chi connectivity index (χ1n) is 2.88. The quantitative estimate of drug-likeness (QED) is 0.571. The molecule has 0 heterocycles. The molecular formula is C7H9Br. The number of hydrogen-bond donors (Lipinski definition) is 0. The lowest BCUT2D eigenvalue weighted by Gasteiger charge is -1.91. The van der Waals surface area contributed by atoms with Gasteiger partial charge < -0.3 is 0 Å². The largest absolute Gasteiger partial charge is 0.0793 e. The van der Waals surface area contributed by atoms with Gasteiger partial charge in [0.25, 0.3) is 0 Å². The van der Waals surface area contributed by atoms with Crippen LogP contribution in [0, 0.1) is 0 Å². The van der Waals surface area contributed by atoms with Gasteiger partial charge in [-0.2, -0.15) is 0 Å². The summed E-state index contributed by atoms with van der Waals surface area (Å²) in [5.74, 6) is 0. The molecule has 0 saturated heterocycles. The van der Waals surface area contributed by atoms with E-state index in [0.717, 1.165) is 12.8 Å². The van der Waals surface area contributed by atoms with Crippen molar-refractivity contribution in [3.8, 4) is 0 Å². The summed E-state index contributed by atoms with van der Waals surface area (Å²) in [5.41, 5.74) is 1.45. The topological polar surface area (TPSA) is 0 Å². The molecule has 1 rings (SSSR count). The van der Waals surface area contributed by atoms with E-state index in [1.165, 1.54) is 10.1 Å². The zero-order valence-electron chi connectivity index (χ0n) is 4.95. The maximum Gasteiger partial charge on any atom is 0.00202 e. The Bertz CT molecular complexity index is 142. The molecule has 0 fully saturated rings. The second-order valence-corrected chi connectivity index (χ2v) is 2.85. The van der Waals surface area contributed by atoms with Crippen LogP contribution in [0.25, 0.3) is 0 Å². The van der Waals surface area contributed by atoms with Gasteiger partial charge in [0.2, 0.25) is 0 Å². The van der Waals surface area contributed by atoms with Gasteiger partial charge in [0.1, 0.15) is 0 Å². The SMILES string of the molecule is CCC1=C(Br)CC=C1. The van der Waals surface area contributed by atoms with Gasteiger partial charge in [-0.05, 0) is 18.4 Å². The average molecular weight is 173 g/mol. The molecule has 0 aromatic heterocycles. The molecule has 0 unspecified atom stereocenters. The van der Waals surface area contributed by atoms with E-state index in [1.807, 2.05) is 0 Å². The number of allylic oxidation sites excluding steroid dienone is 4. The Kier molecular flexibility index (Phi) is 1.90. The van der Waals surface area contributed by atoms with E-state index in [9.17, 15) is 0 Å². The van der Waals surface area contributed by atoms with Crippen LogP contribution in [0.15, 0.2) is 22.2 Å². The van der Waals surface area contributed by atoms with Gasteiger partial charge in [0.15, 0.2) is 0 Å². The highest BCUT2D eigenvalue weighted by Crippen LogP contribution is 2.25. The predicted molar refractivity (Wildman–Crippen MR) is 40.0 cm³/mol. The molecule has 0 nitrogen and oxygen atoms in total. The molecule has 0 aromatic carbocycles. The Morgan fingerprint density at radius 2 is 2.50 bits per heavy atom. The summed E-state index contributed by atoms with van der Waals surface area (Å²) in [7, 11) is 0. The molecule has 1 aliphatic rings. The monoisotopic (exact) mass is 172 g/mol. The first kappa shape index (κ1) is 6.09. The fourth-order valence-electron chi connectivity index (χ4n) is 0.836. The maximum absolute atomic E-state index is 3.48. The molecule has 1 heteroatoms. The van der Waals surface area contributed by atoms with Crippen LogP contribution >= 0.6 is 15.9 Å². The lowest BCUT2D eigenvalue weighted by atomic mass is 10.2. The minimum absolute atomic E-state index is 1.10. The molecule has 0 amide bonds. The first-order valence-corrected chi connectivity index (χ1v) is 3.68. The third-order valence-corrected chi connectivity index (χ3v) is 2.18. The summed E-state index contributed by atoms with van der Waals surface area (Å²) < 4.78 is 1.36. The van der Waals surface area contributed by atoms with Crippen molar-refractivity contribution in [2.45, 2.75) is 19.8 Å². The Labute approximate surface area is 58.4 Å². The summed E-state index contributed by atoms with van der Waals surface area (Å²) in [6, 6.07) is 0. The van der Waals surface area contributed by atoms with Gasteiger partial charge in [-0.1, -0.05) is 35.0 Å². The standard InChI is InChI=1S/C7H9Br/c1-2-6-4-3-5-7(6)8/h3-4H,2,5H2,1H3. The van der Waals surface area contributed by atoms with Crippen LogP contribution in [0.4, 0.5) is 0 Å². The maximum atomic E-state index is 3.48. The first-order chi connectivity index (χ1) is 3.84. The lowest BCUT2D eigenvalue weighted by molar-refractivity contribution is 1.15. The number of halogens is 1. The normalized spacial score (nSPS) is 18.2. The van der Waals surface area contributed by atoms with Crippen molar-refractivity contribution in [1.29, 1.82) is 0 Å². The van der Waals surface area contributed by atoms with Crippen LogP contribution in [0.3, 0.4) is 0 Å². The van der Waals surface area contributed by atoms with E-state index in [0.29, 0.717) is 0 Å². The van der Waals surface area contributed by atoms with Gasteiger partial charge in [-0.15, -0.1) is 0 Å². The second-order valence-electron chi connectivity index (χ2n) is 1.89. The van der Waals surface area contributed by atoms with Crippen LogP contribution in [-0.4, -0.2) is 0 Å². The predicted octanol–water partition coefficient (Wildman–Crippen LogP) is 3.01. The molecule has 0 aliphatic heterocycles. The van der Waals surface area contributed by atoms with Gasteiger partial charge in [-0.3, -0.25) is 0 Å². The van der Waals surface area contributed by atoms with Crippen LogP contribution in [-0.2, 0) is 0 Å². The van der Waals surface area contributed by atoms with Crippen molar-refractivity contribution in [1.82, 2.24) is 0 Å². The second kappa shape index (κ2) is 2.49. The Balaban J connectivity index is 2.70. The molecule has 44 valence electrons. The van der Waals surface area contributed by atoms with E-state index in [-0.39, 0.29) is 0 Å². The minimum Gasteiger partial charge on any atom is -0.0793 e. The van der Waals surface area contributed by atoms with Crippen molar-refractivity contribution >= 4 is 15.9 Å².